The van der Waals surface area contributed by atoms with Gasteiger partial charge in [0.15, 0.2) is 5.02 Å². The second kappa shape index (κ2) is 5.05. The zero-order chi connectivity index (χ0) is 13.1. The SMILES string of the molecule is COc1ccccc1Cn1cc(Cl)c([N+](=O)[O-])n1. The van der Waals surface area contributed by atoms with Gasteiger partial charge in [-0.2, -0.15) is 4.68 Å². The summed E-state index contributed by atoms with van der Waals surface area (Å²) in [5.74, 6) is 0.360. The van der Waals surface area contributed by atoms with E-state index in [9.17, 15) is 10.1 Å². The number of nitrogens with zero attached hydrogens (tertiary/aromatic N) is 3. The van der Waals surface area contributed by atoms with Crippen molar-refractivity contribution in [1.82, 2.24) is 9.78 Å². The Kier molecular flexibility index (Phi) is 3.47. The van der Waals surface area contributed by atoms with Gasteiger partial charge in [-0.1, -0.05) is 29.8 Å². The lowest BCUT2D eigenvalue weighted by atomic mass is 10.2. The maximum Gasteiger partial charge on any atom is 0.408 e. The van der Waals surface area contributed by atoms with Gasteiger partial charge < -0.3 is 14.9 Å². The molecular formula is C11H10ClN3O3. The Balaban J connectivity index is 2.29. The van der Waals surface area contributed by atoms with Crippen LogP contribution in [0.15, 0.2) is 30.5 Å². The molecule has 0 aliphatic rings. The second-order valence-electron chi connectivity index (χ2n) is 3.57. The van der Waals surface area contributed by atoms with E-state index >= 15 is 0 Å². The first-order chi connectivity index (χ1) is 8.61. The quantitative estimate of drug-likeness (QED) is 0.630. The molecular weight excluding hydrogens is 258 g/mol. The highest BCUT2D eigenvalue weighted by atomic mass is 35.5. The number of halogens is 1. The van der Waals surface area contributed by atoms with E-state index in [0.29, 0.717) is 12.3 Å². The summed E-state index contributed by atoms with van der Waals surface area (Å²) in [7, 11) is 1.57. The molecule has 0 aliphatic carbocycles. The molecule has 0 aliphatic heterocycles. The molecule has 0 radical (unpaired) electrons. The van der Waals surface area contributed by atoms with E-state index in [4.69, 9.17) is 16.3 Å². The molecule has 0 saturated heterocycles. The van der Waals surface area contributed by atoms with Gasteiger partial charge in [0.05, 0.1) is 25.0 Å². The fraction of sp³-hybridized carbons (Fsp3) is 0.182. The van der Waals surface area contributed by atoms with Crippen molar-refractivity contribution in [3.05, 3.63) is 51.2 Å². The first kappa shape index (κ1) is 12.4. The van der Waals surface area contributed by atoms with Crippen LogP contribution in [0.1, 0.15) is 5.56 Å². The van der Waals surface area contributed by atoms with Gasteiger partial charge in [0.1, 0.15) is 5.75 Å². The first-order valence-corrected chi connectivity index (χ1v) is 5.49. The Labute approximate surface area is 108 Å². The largest absolute Gasteiger partial charge is 0.496 e. The third-order valence-corrected chi connectivity index (χ3v) is 2.66. The van der Waals surface area contributed by atoms with Crippen molar-refractivity contribution in [2.24, 2.45) is 0 Å². The summed E-state index contributed by atoms with van der Waals surface area (Å²) in [6.45, 7) is 0.359. The standard InChI is InChI=1S/C11H10ClN3O3/c1-18-10-5-3-2-4-8(10)6-14-7-9(12)11(13-14)15(16)17/h2-5,7H,6H2,1H3. The molecule has 7 heteroatoms. The average Bonchev–Trinajstić information content (AvgIpc) is 2.71. The molecule has 0 N–H and O–H groups in total. The van der Waals surface area contributed by atoms with Crippen molar-refractivity contribution in [3.8, 4) is 5.75 Å². The summed E-state index contributed by atoms with van der Waals surface area (Å²) in [6.07, 6.45) is 1.42. The number of hydrogen-bond acceptors (Lipinski definition) is 4. The summed E-state index contributed by atoms with van der Waals surface area (Å²) in [4.78, 5) is 10.0. The Morgan fingerprint density at radius 1 is 1.50 bits per heavy atom. The monoisotopic (exact) mass is 267 g/mol. The molecule has 0 fully saturated rings. The lowest BCUT2D eigenvalue weighted by Gasteiger charge is -2.05. The van der Waals surface area contributed by atoms with Crippen molar-refractivity contribution in [2.75, 3.05) is 7.11 Å². The lowest BCUT2D eigenvalue weighted by Crippen LogP contribution is -2.03. The van der Waals surface area contributed by atoms with Crippen LogP contribution in [-0.2, 0) is 6.54 Å². The predicted octanol–water partition coefficient (Wildman–Crippen LogP) is 2.50. The summed E-state index contributed by atoms with van der Waals surface area (Å²) < 4.78 is 6.61. The molecule has 0 atom stereocenters. The molecule has 2 rings (SSSR count). The van der Waals surface area contributed by atoms with Crippen molar-refractivity contribution in [3.63, 3.8) is 0 Å². The molecule has 1 aromatic heterocycles. The van der Waals surface area contributed by atoms with Crippen LogP contribution < -0.4 is 4.74 Å². The van der Waals surface area contributed by atoms with Crippen LogP contribution in [0.2, 0.25) is 5.02 Å². The maximum atomic E-state index is 10.6. The fourth-order valence-corrected chi connectivity index (χ4v) is 1.82. The Morgan fingerprint density at radius 3 is 2.83 bits per heavy atom. The molecule has 6 nitrogen and oxygen atoms in total. The van der Waals surface area contributed by atoms with Crippen molar-refractivity contribution < 1.29 is 9.66 Å². The van der Waals surface area contributed by atoms with Gasteiger partial charge in [0.2, 0.25) is 0 Å². The van der Waals surface area contributed by atoms with Crippen LogP contribution in [0.5, 0.6) is 5.75 Å². The van der Waals surface area contributed by atoms with Gasteiger partial charge in [-0.3, -0.25) is 0 Å². The predicted molar refractivity (Wildman–Crippen MR) is 66.0 cm³/mol. The van der Waals surface area contributed by atoms with Crippen LogP contribution in [0.4, 0.5) is 5.82 Å². The van der Waals surface area contributed by atoms with Gasteiger partial charge >= 0.3 is 5.82 Å². The van der Waals surface area contributed by atoms with E-state index < -0.39 is 4.92 Å². The summed E-state index contributed by atoms with van der Waals surface area (Å²) in [6, 6.07) is 7.38. The molecule has 1 heterocycles. The van der Waals surface area contributed by atoms with Gasteiger partial charge in [-0.25, -0.2) is 0 Å². The van der Waals surface area contributed by atoms with Crippen LogP contribution >= 0.6 is 11.6 Å². The Bertz CT molecular complexity index is 583. The Morgan fingerprint density at radius 2 is 2.22 bits per heavy atom. The van der Waals surface area contributed by atoms with Crippen molar-refractivity contribution in [2.45, 2.75) is 6.54 Å². The van der Waals surface area contributed by atoms with Crippen LogP contribution in [-0.4, -0.2) is 21.8 Å². The normalized spacial score (nSPS) is 10.3. The molecule has 1 aromatic carbocycles. The van der Waals surface area contributed by atoms with Crippen LogP contribution in [0, 0.1) is 10.1 Å². The van der Waals surface area contributed by atoms with Crippen LogP contribution in [0.25, 0.3) is 0 Å². The molecule has 0 bridgehead atoms. The van der Waals surface area contributed by atoms with Gasteiger partial charge in [-0.05, 0) is 11.0 Å². The number of methoxy groups -OCH3 is 1. The highest BCUT2D eigenvalue weighted by Gasteiger charge is 2.19. The smallest absolute Gasteiger partial charge is 0.408 e. The minimum atomic E-state index is -0.610. The summed E-state index contributed by atoms with van der Waals surface area (Å²) >= 11 is 5.72. The first-order valence-electron chi connectivity index (χ1n) is 5.11. The number of para-hydroxylation sites is 1. The molecule has 0 saturated carbocycles. The van der Waals surface area contributed by atoms with E-state index in [1.54, 1.807) is 7.11 Å². The molecule has 0 amide bonds. The van der Waals surface area contributed by atoms with Crippen molar-refractivity contribution in [1.29, 1.82) is 0 Å². The van der Waals surface area contributed by atoms with E-state index in [-0.39, 0.29) is 10.8 Å². The van der Waals surface area contributed by atoms with Crippen LogP contribution in [0.3, 0.4) is 0 Å². The minimum Gasteiger partial charge on any atom is -0.496 e. The van der Waals surface area contributed by atoms with Gasteiger partial charge in [0, 0.05) is 5.56 Å². The highest BCUT2D eigenvalue weighted by Crippen LogP contribution is 2.23. The number of ether oxygens (including phenoxy) is 1. The topological polar surface area (TPSA) is 70.2 Å². The number of nitro groups is 1. The molecule has 2 aromatic rings. The Hall–Kier alpha value is -2.08. The number of hydrogen-bond donors (Lipinski definition) is 0. The molecule has 18 heavy (non-hydrogen) atoms. The van der Waals surface area contributed by atoms with E-state index in [1.807, 2.05) is 24.3 Å². The molecule has 0 spiro atoms. The van der Waals surface area contributed by atoms with E-state index in [1.165, 1.54) is 10.9 Å². The highest BCUT2D eigenvalue weighted by molar-refractivity contribution is 6.32. The lowest BCUT2D eigenvalue weighted by molar-refractivity contribution is -0.389. The zero-order valence-electron chi connectivity index (χ0n) is 9.54. The van der Waals surface area contributed by atoms with Gasteiger partial charge in [-0.15, -0.1) is 0 Å². The zero-order valence-corrected chi connectivity index (χ0v) is 10.3. The fourth-order valence-electron chi connectivity index (χ4n) is 1.60. The van der Waals surface area contributed by atoms with E-state index in [0.717, 1.165) is 5.56 Å². The maximum absolute atomic E-state index is 10.6. The third-order valence-electron chi connectivity index (χ3n) is 2.40. The second-order valence-corrected chi connectivity index (χ2v) is 3.97. The number of rotatable bonds is 4. The molecule has 0 unspecified atom stereocenters. The van der Waals surface area contributed by atoms with Gasteiger partial charge in [0.25, 0.3) is 0 Å². The third kappa shape index (κ3) is 2.43. The van der Waals surface area contributed by atoms with E-state index in [2.05, 4.69) is 5.10 Å². The minimum absolute atomic E-state index is 0.0231. The van der Waals surface area contributed by atoms with Crippen molar-refractivity contribution >= 4 is 17.4 Å². The number of aromatic nitrogens is 2. The summed E-state index contributed by atoms with van der Waals surface area (Å²) in [5, 5.41) is 14.5. The number of benzene rings is 1. The molecule has 94 valence electrons. The summed E-state index contributed by atoms with van der Waals surface area (Å²) in [5.41, 5.74) is 0.870. The average molecular weight is 268 g/mol.